The number of methoxy groups -OCH3 is 1. The highest BCUT2D eigenvalue weighted by Gasteiger charge is 2.49. The average Bonchev–Trinajstić information content (AvgIpc) is 3.67. The molecule has 0 aromatic carbocycles. The lowest BCUT2D eigenvalue weighted by molar-refractivity contribution is -0.0648. The van der Waals surface area contributed by atoms with E-state index in [9.17, 15) is 29.2 Å². The first-order chi connectivity index (χ1) is 19.6. The van der Waals surface area contributed by atoms with E-state index in [1.165, 1.54) is 30.1 Å². The lowest BCUT2D eigenvalue weighted by Crippen LogP contribution is -2.39. The standard InChI is InChI=1S/C23H33N6O11P/c1-36-20-19(32)15(39-21(20)29-9-5-17(31)26-23(29)34)12-37-41(35,27-6-2-3-7-27)40-13-10-18(38-14(13)11-30)28-8-4-16(24)25-22(28)33/h4-5,8-9,13-15,18-21,30,32H,2-3,6-7,10-12H2,1H3,(H2,24,25,33)(H,26,31,34)/t13?,14-,15-,18-,19?,20-,21-,41?/m1/s1. The van der Waals surface area contributed by atoms with Crippen molar-refractivity contribution in [1.29, 1.82) is 0 Å². The van der Waals surface area contributed by atoms with Crippen LogP contribution in [0.25, 0.3) is 0 Å². The molecule has 3 saturated heterocycles. The number of anilines is 1. The highest BCUT2D eigenvalue weighted by atomic mass is 31.2. The van der Waals surface area contributed by atoms with Crippen molar-refractivity contribution < 1.29 is 38.0 Å². The molecule has 0 spiro atoms. The molecule has 0 saturated carbocycles. The van der Waals surface area contributed by atoms with Gasteiger partial charge in [0.2, 0.25) is 0 Å². The number of aromatic nitrogens is 4. The molecule has 41 heavy (non-hydrogen) atoms. The van der Waals surface area contributed by atoms with E-state index in [4.69, 9.17) is 29.0 Å². The highest BCUT2D eigenvalue weighted by Crippen LogP contribution is 2.56. The van der Waals surface area contributed by atoms with Crippen molar-refractivity contribution in [2.45, 2.75) is 62.2 Å². The first-order valence-corrected chi connectivity index (χ1v) is 14.6. The van der Waals surface area contributed by atoms with E-state index in [0.717, 1.165) is 23.5 Å². The molecule has 2 aromatic heterocycles. The molecule has 0 aliphatic carbocycles. The largest absolute Gasteiger partial charge is 0.408 e. The zero-order valence-corrected chi connectivity index (χ0v) is 23.1. The number of nitrogens with zero attached hydrogens (tertiary/aromatic N) is 4. The van der Waals surface area contributed by atoms with Gasteiger partial charge in [-0.1, -0.05) is 0 Å². The van der Waals surface area contributed by atoms with Crippen molar-refractivity contribution in [2.75, 3.05) is 39.1 Å². The second-order valence-corrected chi connectivity index (χ2v) is 11.9. The van der Waals surface area contributed by atoms with E-state index in [1.54, 1.807) is 4.67 Å². The average molecular weight is 601 g/mol. The van der Waals surface area contributed by atoms with Gasteiger partial charge in [0.25, 0.3) is 5.56 Å². The SMILES string of the molecule is CO[C@@H]1C(O)[C@@H](COP(=O)(OC2C[C@H](n3ccc(N)nc3=O)O[C@@H]2CO)N2CCCC2)O[C@H]1n1ccc(=O)[nH]c1=O. The Bertz CT molecular complexity index is 1440. The Morgan fingerprint density at radius 1 is 1.15 bits per heavy atom. The summed E-state index contributed by atoms with van der Waals surface area (Å²) in [6.45, 7) is -0.0351. The minimum atomic E-state index is -4.05. The number of rotatable bonds is 10. The molecule has 0 radical (unpaired) electrons. The van der Waals surface area contributed by atoms with Crippen LogP contribution in [0.2, 0.25) is 0 Å². The monoisotopic (exact) mass is 600 g/mol. The van der Waals surface area contributed by atoms with Gasteiger partial charge in [0.05, 0.1) is 13.2 Å². The van der Waals surface area contributed by atoms with Crippen LogP contribution in [-0.4, -0.2) is 97.9 Å². The number of aliphatic hydroxyl groups is 2. The summed E-state index contributed by atoms with van der Waals surface area (Å²) in [6.07, 6.45) is -2.98. The predicted octanol–water partition coefficient (Wildman–Crippen LogP) is -1.47. The van der Waals surface area contributed by atoms with Gasteiger partial charge in [-0.05, 0) is 18.9 Å². The van der Waals surface area contributed by atoms with Gasteiger partial charge in [-0.15, -0.1) is 0 Å². The Morgan fingerprint density at radius 2 is 1.88 bits per heavy atom. The van der Waals surface area contributed by atoms with E-state index in [1.807, 2.05) is 0 Å². The molecule has 17 nitrogen and oxygen atoms in total. The van der Waals surface area contributed by atoms with E-state index in [-0.39, 0.29) is 12.2 Å². The van der Waals surface area contributed by atoms with Crippen molar-refractivity contribution in [3.05, 3.63) is 55.8 Å². The van der Waals surface area contributed by atoms with E-state index in [2.05, 4.69) is 9.97 Å². The quantitative estimate of drug-likeness (QED) is 0.229. The molecule has 226 valence electrons. The number of aromatic amines is 1. The molecule has 5 N–H and O–H groups in total. The number of H-pyrrole nitrogens is 1. The Kier molecular flexibility index (Phi) is 8.89. The Labute approximate surface area is 233 Å². The number of aliphatic hydroxyl groups excluding tert-OH is 2. The van der Waals surface area contributed by atoms with E-state index >= 15 is 0 Å². The molecule has 0 amide bonds. The third-order valence-electron chi connectivity index (χ3n) is 7.33. The normalized spacial score (nSPS) is 31.9. The summed E-state index contributed by atoms with van der Waals surface area (Å²) in [5.41, 5.74) is 3.56. The second kappa shape index (κ2) is 12.2. The molecule has 3 aliphatic heterocycles. The minimum absolute atomic E-state index is 0.0439. The molecule has 5 rings (SSSR count). The highest BCUT2D eigenvalue weighted by molar-refractivity contribution is 7.51. The molecule has 8 atom stereocenters. The van der Waals surface area contributed by atoms with Crippen LogP contribution in [0, 0.1) is 0 Å². The number of nitrogens with two attached hydrogens (primary N) is 1. The Balaban J connectivity index is 1.33. The van der Waals surface area contributed by atoms with Crippen molar-refractivity contribution >= 4 is 13.6 Å². The smallest absolute Gasteiger partial charge is 0.394 e. The number of hydrogen-bond donors (Lipinski definition) is 4. The molecule has 3 fully saturated rings. The summed E-state index contributed by atoms with van der Waals surface area (Å²) in [4.78, 5) is 42.0. The lowest BCUT2D eigenvalue weighted by Gasteiger charge is -2.30. The predicted molar refractivity (Wildman–Crippen MR) is 140 cm³/mol. The van der Waals surface area contributed by atoms with Gasteiger partial charge in [0.1, 0.15) is 42.6 Å². The summed E-state index contributed by atoms with van der Waals surface area (Å²) in [5, 5.41) is 20.9. The number of ether oxygens (including phenoxy) is 3. The minimum Gasteiger partial charge on any atom is -0.394 e. The van der Waals surface area contributed by atoms with E-state index in [0.29, 0.717) is 13.1 Å². The summed E-state index contributed by atoms with van der Waals surface area (Å²) < 4.78 is 47.0. The van der Waals surface area contributed by atoms with Gasteiger partial charge < -0.3 is 30.2 Å². The number of nitrogen functional groups attached to an aromatic ring is 1. The fourth-order valence-corrected chi connectivity index (χ4v) is 7.25. The number of nitrogens with one attached hydrogen (secondary N) is 1. The van der Waals surface area contributed by atoms with E-state index < -0.39 is 80.9 Å². The second-order valence-electron chi connectivity index (χ2n) is 9.93. The zero-order chi connectivity index (χ0) is 29.3. The molecular weight excluding hydrogens is 567 g/mol. The summed E-state index contributed by atoms with van der Waals surface area (Å²) in [7, 11) is -2.72. The maximum Gasteiger partial charge on any atom is 0.408 e. The van der Waals surface area contributed by atoms with Crippen molar-refractivity contribution in [2.24, 2.45) is 0 Å². The summed E-state index contributed by atoms with van der Waals surface area (Å²) in [5.74, 6) is 0.0439. The first kappa shape index (κ1) is 29.8. The van der Waals surface area contributed by atoms with Crippen LogP contribution in [0.3, 0.4) is 0 Å². The van der Waals surface area contributed by atoms with Crippen LogP contribution < -0.4 is 22.7 Å². The van der Waals surface area contributed by atoms with Gasteiger partial charge in [0, 0.05) is 45.1 Å². The fourth-order valence-electron chi connectivity index (χ4n) is 5.22. The molecule has 0 bridgehead atoms. The Morgan fingerprint density at radius 3 is 2.54 bits per heavy atom. The maximum atomic E-state index is 14.2. The third kappa shape index (κ3) is 6.09. The van der Waals surface area contributed by atoms with Gasteiger partial charge in [-0.2, -0.15) is 4.98 Å². The molecule has 3 aliphatic rings. The Hall–Kier alpha value is -2.73. The van der Waals surface area contributed by atoms with Crippen molar-refractivity contribution in [3.8, 4) is 0 Å². The van der Waals surface area contributed by atoms with Crippen LogP contribution in [0.4, 0.5) is 5.82 Å². The molecule has 3 unspecified atom stereocenters. The lowest BCUT2D eigenvalue weighted by atomic mass is 10.1. The van der Waals surface area contributed by atoms with Gasteiger partial charge in [-0.3, -0.25) is 28.0 Å². The molecule has 2 aromatic rings. The summed E-state index contributed by atoms with van der Waals surface area (Å²) in [6, 6.07) is 2.56. The fraction of sp³-hybridized carbons (Fsp3) is 0.652. The van der Waals surface area contributed by atoms with Crippen molar-refractivity contribution in [1.82, 2.24) is 23.8 Å². The van der Waals surface area contributed by atoms with Crippen LogP contribution >= 0.6 is 7.75 Å². The maximum absolute atomic E-state index is 14.2. The number of hydrogen-bond acceptors (Lipinski definition) is 13. The van der Waals surface area contributed by atoms with Crippen LogP contribution in [0.5, 0.6) is 0 Å². The summed E-state index contributed by atoms with van der Waals surface area (Å²) >= 11 is 0. The van der Waals surface area contributed by atoms with Crippen molar-refractivity contribution in [3.63, 3.8) is 0 Å². The molecule has 5 heterocycles. The first-order valence-electron chi connectivity index (χ1n) is 13.1. The third-order valence-corrected chi connectivity index (χ3v) is 9.44. The van der Waals surface area contributed by atoms with Crippen LogP contribution in [0.15, 0.2) is 38.9 Å². The van der Waals surface area contributed by atoms with Gasteiger partial charge in [-0.25, -0.2) is 18.8 Å². The topological polar surface area (TPSA) is 223 Å². The van der Waals surface area contributed by atoms with Gasteiger partial charge >= 0.3 is 19.1 Å². The van der Waals surface area contributed by atoms with Gasteiger partial charge in [0.15, 0.2) is 6.23 Å². The zero-order valence-electron chi connectivity index (χ0n) is 22.2. The molecular formula is C23H33N6O11P. The molecule has 18 heteroatoms. The van der Waals surface area contributed by atoms with Crippen LogP contribution in [0.1, 0.15) is 31.7 Å². The van der Waals surface area contributed by atoms with Crippen LogP contribution in [-0.2, 0) is 27.8 Å².